The van der Waals surface area contributed by atoms with Crippen molar-refractivity contribution in [3.63, 3.8) is 0 Å². The molecule has 0 saturated heterocycles. The number of hydrogen-bond acceptors (Lipinski definition) is 4. The fourth-order valence-electron chi connectivity index (χ4n) is 3.03. The number of carbonyl (C=O) groups excluding carboxylic acids is 1. The number of hydrogen-bond donors (Lipinski definition) is 0. The van der Waals surface area contributed by atoms with Crippen molar-refractivity contribution in [2.75, 3.05) is 31.1 Å². The molecule has 0 unspecified atom stereocenters. The van der Waals surface area contributed by atoms with Gasteiger partial charge >= 0.3 is 0 Å². The third-order valence-corrected chi connectivity index (χ3v) is 6.23. The molecule has 0 fully saturated rings. The van der Waals surface area contributed by atoms with Gasteiger partial charge < -0.3 is 4.90 Å². The lowest BCUT2D eigenvalue weighted by Crippen LogP contribution is -2.38. The SMILES string of the molecule is CCN(CC)CCN(C(=O)c1cccc(Br)c1)c1nc2c(C)cccc2s1.Cl. The zero-order valence-electron chi connectivity index (χ0n) is 16.3. The molecule has 150 valence electrons. The van der Waals surface area contributed by atoms with Gasteiger partial charge in [0.15, 0.2) is 5.13 Å². The summed E-state index contributed by atoms with van der Waals surface area (Å²) in [5, 5.41) is 0.761. The predicted molar refractivity (Wildman–Crippen MR) is 125 cm³/mol. The van der Waals surface area contributed by atoms with Crippen molar-refractivity contribution >= 4 is 60.9 Å². The molecule has 1 heterocycles. The second-order valence-electron chi connectivity index (χ2n) is 6.41. The maximum Gasteiger partial charge on any atom is 0.260 e. The minimum absolute atomic E-state index is 0. The molecular formula is C21H25BrClN3OS. The highest BCUT2D eigenvalue weighted by Crippen LogP contribution is 2.31. The van der Waals surface area contributed by atoms with Crippen molar-refractivity contribution in [2.45, 2.75) is 20.8 Å². The Hall–Kier alpha value is -1.47. The number of amides is 1. The largest absolute Gasteiger partial charge is 0.302 e. The fourth-order valence-corrected chi connectivity index (χ4v) is 4.50. The van der Waals surface area contributed by atoms with Crippen molar-refractivity contribution in [3.05, 3.63) is 58.1 Å². The lowest BCUT2D eigenvalue weighted by Gasteiger charge is -2.24. The molecule has 3 rings (SSSR count). The maximum absolute atomic E-state index is 13.3. The van der Waals surface area contributed by atoms with Crippen molar-refractivity contribution in [2.24, 2.45) is 0 Å². The number of carbonyl (C=O) groups is 1. The van der Waals surface area contributed by atoms with Crippen LogP contribution in [0.15, 0.2) is 46.9 Å². The molecule has 1 aromatic heterocycles. The summed E-state index contributed by atoms with van der Waals surface area (Å²) in [4.78, 5) is 22.2. The van der Waals surface area contributed by atoms with Gasteiger partial charge in [0.2, 0.25) is 0 Å². The summed E-state index contributed by atoms with van der Waals surface area (Å²) in [6.45, 7) is 9.72. The van der Waals surface area contributed by atoms with E-state index in [-0.39, 0.29) is 18.3 Å². The van der Waals surface area contributed by atoms with Crippen LogP contribution in [-0.2, 0) is 0 Å². The third-order valence-electron chi connectivity index (χ3n) is 4.69. The van der Waals surface area contributed by atoms with Crippen molar-refractivity contribution < 1.29 is 4.79 Å². The molecule has 0 atom stereocenters. The van der Waals surface area contributed by atoms with Crippen LogP contribution in [0, 0.1) is 6.92 Å². The highest BCUT2D eigenvalue weighted by molar-refractivity contribution is 9.10. The number of para-hydroxylation sites is 1. The van der Waals surface area contributed by atoms with Crippen LogP contribution in [0.1, 0.15) is 29.8 Å². The number of halogens is 2. The first-order valence-electron chi connectivity index (χ1n) is 9.19. The average Bonchev–Trinajstić information content (AvgIpc) is 3.10. The summed E-state index contributed by atoms with van der Waals surface area (Å²) in [6.07, 6.45) is 0. The molecule has 0 saturated carbocycles. The zero-order valence-corrected chi connectivity index (χ0v) is 19.5. The van der Waals surface area contributed by atoms with Gasteiger partial charge in [-0.25, -0.2) is 4.98 Å². The summed E-state index contributed by atoms with van der Waals surface area (Å²) < 4.78 is 2.01. The number of aromatic nitrogens is 1. The van der Waals surface area contributed by atoms with E-state index in [0.29, 0.717) is 12.1 Å². The number of thiazole rings is 1. The molecule has 4 nitrogen and oxygen atoms in total. The highest BCUT2D eigenvalue weighted by atomic mass is 79.9. The third kappa shape index (κ3) is 5.11. The molecular weight excluding hydrogens is 458 g/mol. The van der Waals surface area contributed by atoms with Crippen molar-refractivity contribution in [3.8, 4) is 0 Å². The lowest BCUT2D eigenvalue weighted by molar-refractivity contribution is 0.0983. The standard InChI is InChI=1S/C21H24BrN3OS.ClH/c1-4-24(5-2)12-13-25(20(26)16-9-7-10-17(22)14-16)21-23-19-15(3)8-6-11-18(19)27-21;/h6-11,14H,4-5,12-13H2,1-3H3;1H. The van der Waals surface area contributed by atoms with Crippen LogP contribution in [0.5, 0.6) is 0 Å². The Labute approximate surface area is 185 Å². The van der Waals surface area contributed by atoms with Gasteiger partial charge in [0.05, 0.1) is 10.2 Å². The van der Waals surface area contributed by atoms with Crippen molar-refractivity contribution in [1.82, 2.24) is 9.88 Å². The quantitative estimate of drug-likeness (QED) is 0.428. The number of aryl methyl sites for hydroxylation is 1. The van der Waals surface area contributed by atoms with Gasteiger partial charge in [-0.2, -0.15) is 0 Å². The van der Waals surface area contributed by atoms with E-state index in [9.17, 15) is 4.79 Å². The molecule has 3 aromatic rings. The fraction of sp³-hybridized carbons (Fsp3) is 0.333. The molecule has 0 radical (unpaired) electrons. The average molecular weight is 483 g/mol. The van der Waals surface area contributed by atoms with Gasteiger partial charge in [-0.05, 0) is 49.8 Å². The molecule has 0 aliphatic rings. The Morgan fingerprint density at radius 1 is 1.11 bits per heavy atom. The highest BCUT2D eigenvalue weighted by Gasteiger charge is 2.22. The first-order valence-corrected chi connectivity index (χ1v) is 10.8. The number of nitrogens with zero attached hydrogens (tertiary/aromatic N) is 3. The number of benzene rings is 2. The second-order valence-corrected chi connectivity index (χ2v) is 8.34. The van der Waals surface area contributed by atoms with Crippen LogP contribution < -0.4 is 4.90 Å². The minimum Gasteiger partial charge on any atom is -0.302 e. The Bertz CT molecular complexity index is 942. The van der Waals surface area contributed by atoms with E-state index in [1.165, 1.54) is 0 Å². The van der Waals surface area contributed by atoms with Crippen LogP contribution in [-0.4, -0.2) is 42.0 Å². The van der Waals surface area contributed by atoms with E-state index in [1.54, 1.807) is 11.3 Å². The minimum atomic E-state index is -0.0137. The molecule has 7 heteroatoms. The molecule has 0 N–H and O–H groups in total. The maximum atomic E-state index is 13.3. The van der Waals surface area contributed by atoms with Gasteiger partial charge in [0.25, 0.3) is 5.91 Å². The molecule has 0 spiro atoms. The monoisotopic (exact) mass is 481 g/mol. The number of rotatable bonds is 7. The van der Waals surface area contributed by atoms with E-state index in [4.69, 9.17) is 4.98 Å². The van der Waals surface area contributed by atoms with Crippen LogP contribution in [0.2, 0.25) is 0 Å². The van der Waals surface area contributed by atoms with Crippen LogP contribution >= 0.6 is 39.7 Å². The zero-order chi connectivity index (χ0) is 19.4. The van der Waals surface area contributed by atoms with Gasteiger partial charge in [0, 0.05) is 23.1 Å². The normalized spacial score (nSPS) is 10.9. The summed E-state index contributed by atoms with van der Waals surface area (Å²) in [5.41, 5.74) is 2.78. The Kier molecular flexibility index (Phi) is 8.43. The first kappa shape index (κ1) is 22.8. The predicted octanol–water partition coefficient (Wildman–Crippen LogP) is 5.78. The Balaban J connectivity index is 0.00000280. The van der Waals surface area contributed by atoms with Crippen LogP contribution in [0.25, 0.3) is 10.2 Å². The second kappa shape index (κ2) is 10.3. The number of anilines is 1. The Morgan fingerprint density at radius 3 is 2.46 bits per heavy atom. The van der Waals surface area contributed by atoms with Gasteiger partial charge in [-0.1, -0.05) is 59.3 Å². The van der Waals surface area contributed by atoms with Gasteiger partial charge in [0.1, 0.15) is 0 Å². The summed E-state index contributed by atoms with van der Waals surface area (Å²) in [5.74, 6) is -0.0137. The van der Waals surface area contributed by atoms with E-state index >= 15 is 0 Å². The Morgan fingerprint density at radius 2 is 1.82 bits per heavy atom. The van der Waals surface area contributed by atoms with Gasteiger partial charge in [-0.15, -0.1) is 12.4 Å². The molecule has 1 amide bonds. The molecule has 0 bridgehead atoms. The van der Waals surface area contributed by atoms with Crippen LogP contribution in [0.4, 0.5) is 5.13 Å². The van der Waals surface area contributed by atoms with E-state index in [1.807, 2.05) is 35.2 Å². The van der Waals surface area contributed by atoms with Crippen LogP contribution in [0.3, 0.4) is 0 Å². The summed E-state index contributed by atoms with van der Waals surface area (Å²) in [6, 6.07) is 13.7. The topological polar surface area (TPSA) is 36.4 Å². The molecule has 28 heavy (non-hydrogen) atoms. The summed E-state index contributed by atoms with van der Waals surface area (Å²) >= 11 is 5.04. The lowest BCUT2D eigenvalue weighted by atomic mass is 10.2. The summed E-state index contributed by atoms with van der Waals surface area (Å²) in [7, 11) is 0. The van der Waals surface area contributed by atoms with E-state index in [2.05, 4.69) is 53.7 Å². The number of likely N-dealkylation sites (N-methyl/N-ethyl adjacent to an activating group) is 1. The van der Waals surface area contributed by atoms with Gasteiger partial charge in [-0.3, -0.25) is 9.69 Å². The number of fused-ring (bicyclic) bond motifs is 1. The van der Waals surface area contributed by atoms with Crippen molar-refractivity contribution in [1.29, 1.82) is 0 Å². The van der Waals surface area contributed by atoms with E-state index < -0.39 is 0 Å². The first-order chi connectivity index (χ1) is 13.0. The molecule has 2 aromatic carbocycles. The smallest absolute Gasteiger partial charge is 0.260 e. The molecule has 0 aliphatic carbocycles. The van der Waals surface area contributed by atoms with E-state index in [0.717, 1.165) is 45.0 Å². The molecule has 0 aliphatic heterocycles.